The van der Waals surface area contributed by atoms with Gasteiger partial charge in [-0.25, -0.2) is 0 Å². The molecule has 4 aliphatic heterocycles. The van der Waals surface area contributed by atoms with Crippen LogP contribution in [-0.2, 0) is 15.8 Å². The molecule has 0 bridgehead atoms. The Morgan fingerprint density at radius 3 is 1.48 bits per heavy atom. The lowest BCUT2D eigenvalue weighted by Gasteiger charge is -2.26. The van der Waals surface area contributed by atoms with Crippen LogP contribution in [0.1, 0.15) is 79.9 Å². The molecular weight excluding hydrogens is 833 g/mol. The standard InChI is InChI=1S/C25H29F3N2O3.C24H29ClN2O3/c1-32-22-9-8-20(17-23(22)33-15-14-29-11-3-2-4-12-29)30-13-10-21(24(30)31)18-6-5-7-19(16-18)25(26,27)28;1-29-22-9-8-20(17-23(22)30-15-14-26-11-3-2-4-12-26)27-13-10-21(24(27)28)18-6-5-7-19(25)16-18/h5-9,16-17,21H,2-4,10-15H2,1H3;5-9,16-17,21H,2-4,10-15H2,1H3. The largest absolute Gasteiger partial charge is 0.493 e. The van der Waals surface area contributed by atoms with Crippen molar-refractivity contribution in [2.75, 3.05) is 89.6 Å². The number of carbonyl (C=O) groups is 2. The van der Waals surface area contributed by atoms with Crippen molar-refractivity contribution in [2.45, 2.75) is 69.4 Å². The predicted molar refractivity (Wildman–Crippen MR) is 240 cm³/mol. The molecule has 10 nitrogen and oxygen atoms in total. The number of alkyl halides is 3. The summed E-state index contributed by atoms with van der Waals surface area (Å²) in [5.74, 6) is 1.65. The van der Waals surface area contributed by atoms with E-state index < -0.39 is 17.7 Å². The van der Waals surface area contributed by atoms with Gasteiger partial charge in [-0.2, -0.15) is 13.2 Å². The van der Waals surface area contributed by atoms with Gasteiger partial charge >= 0.3 is 6.18 Å². The zero-order valence-electron chi connectivity index (χ0n) is 36.2. The molecule has 4 heterocycles. The van der Waals surface area contributed by atoms with Crippen molar-refractivity contribution in [2.24, 2.45) is 0 Å². The minimum absolute atomic E-state index is 0.0988. The van der Waals surface area contributed by atoms with Crippen molar-refractivity contribution in [3.63, 3.8) is 0 Å². The maximum absolute atomic E-state index is 13.1. The fourth-order valence-electron chi connectivity index (χ4n) is 8.97. The van der Waals surface area contributed by atoms with Gasteiger partial charge in [0.15, 0.2) is 23.0 Å². The lowest BCUT2D eigenvalue weighted by atomic mass is 9.96. The third-order valence-corrected chi connectivity index (χ3v) is 12.7. The van der Waals surface area contributed by atoms with Gasteiger partial charge in [-0.15, -0.1) is 0 Å². The second kappa shape index (κ2) is 21.6. The quantitative estimate of drug-likeness (QED) is 0.124. The summed E-state index contributed by atoms with van der Waals surface area (Å²) in [6.07, 6.45) is 4.35. The first-order valence-corrected chi connectivity index (χ1v) is 22.5. The summed E-state index contributed by atoms with van der Waals surface area (Å²) in [6.45, 7) is 8.43. The minimum Gasteiger partial charge on any atom is -0.493 e. The van der Waals surface area contributed by atoms with Crippen molar-refractivity contribution in [3.05, 3.63) is 107 Å². The van der Waals surface area contributed by atoms with Crippen molar-refractivity contribution >= 4 is 34.8 Å². The number of halogens is 4. The van der Waals surface area contributed by atoms with E-state index in [1.807, 2.05) is 47.4 Å². The highest BCUT2D eigenvalue weighted by Crippen LogP contribution is 2.40. The third kappa shape index (κ3) is 11.8. The second-order valence-electron chi connectivity index (χ2n) is 16.5. The number of likely N-dealkylation sites (tertiary alicyclic amines) is 2. The Balaban J connectivity index is 0.000000190. The van der Waals surface area contributed by atoms with Gasteiger partial charge in [0.05, 0.1) is 31.6 Å². The molecule has 0 N–H and O–H groups in total. The zero-order chi connectivity index (χ0) is 44.3. The smallest absolute Gasteiger partial charge is 0.416 e. The highest BCUT2D eigenvalue weighted by atomic mass is 35.5. The van der Waals surface area contributed by atoms with E-state index in [2.05, 4.69) is 9.80 Å². The van der Waals surface area contributed by atoms with Crippen LogP contribution >= 0.6 is 11.6 Å². The molecule has 14 heteroatoms. The summed E-state index contributed by atoms with van der Waals surface area (Å²) in [5, 5.41) is 0.660. The average molecular weight is 891 g/mol. The first-order valence-electron chi connectivity index (χ1n) is 22.1. The van der Waals surface area contributed by atoms with Crippen LogP contribution in [0.4, 0.5) is 24.5 Å². The average Bonchev–Trinajstić information content (AvgIpc) is 3.88. The Bertz CT molecular complexity index is 2160. The summed E-state index contributed by atoms with van der Waals surface area (Å²) in [7, 11) is 3.21. The van der Waals surface area contributed by atoms with Gasteiger partial charge < -0.3 is 28.7 Å². The molecule has 63 heavy (non-hydrogen) atoms. The molecule has 8 rings (SSSR count). The number of benzene rings is 4. The van der Waals surface area contributed by atoms with Crippen molar-refractivity contribution in [1.29, 1.82) is 0 Å². The molecule has 338 valence electrons. The number of methoxy groups -OCH3 is 2. The van der Waals surface area contributed by atoms with Crippen LogP contribution < -0.4 is 28.7 Å². The molecule has 0 aromatic heterocycles. The first-order chi connectivity index (χ1) is 30.5. The molecule has 4 fully saturated rings. The number of anilines is 2. The Kier molecular flexibility index (Phi) is 15.8. The van der Waals surface area contributed by atoms with Crippen LogP contribution in [0.2, 0.25) is 5.02 Å². The Hall–Kier alpha value is -4.98. The predicted octanol–water partition coefficient (Wildman–Crippen LogP) is 9.83. The number of nitrogens with zero attached hydrogens (tertiary/aromatic N) is 4. The summed E-state index contributed by atoms with van der Waals surface area (Å²) < 4.78 is 62.3. The molecule has 4 saturated heterocycles. The molecule has 4 aliphatic rings. The SMILES string of the molecule is COc1ccc(N2CCC(c3cccc(C(F)(F)F)c3)C2=O)cc1OCCN1CCCCC1.COc1ccc(N2CCC(c3cccc(Cl)c3)C2=O)cc1OCCN1CCCCC1. The normalized spacial score (nSPS) is 19.8. The molecular formula is C49H58ClF3N4O6. The van der Waals surface area contributed by atoms with E-state index in [9.17, 15) is 22.8 Å². The van der Waals surface area contributed by atoms with Gasteiger partial charge in [0.2, 0.25) is 11.8 Å². The summed E-state index contributed by atoms with van der Waals surface area (Å²) in [5.41, 5.74) is 2.13. The monoisotopic (exact) mass is 890 g/mol. The van der Waals surface area contributed by atoms with Crippen LogP contribution in [0.3, 0.4) is 0 Å². The van der Waals surface area contributed by atoms with Gasteiger partial charge in [0.1, 0.15) is 13.2 Å². The molecule has 2 atom stereocenters. The fourth-order valence-corrected chi connectivity index (χ4v) is 9.17. The lowest BCUT2D eigenvalue weighted by Crippen LogP contribution is -2.33. The molecule has 0 saturated carbocycles. The van der Waals surface area contributed by atoms with E-state index >= 15 is 0 Å². The Morgan fingerprint density at radius 1 is 0.571 bits per heavy atom. The molecule has 0 radical (unpaired) electrons. The van der Waals surface area contributed by atoms with Crippen molar-refractivity contribution in [3.8, 4) is 23.0 Å². The number of hydrogen-bond donors (Lipinski definition) is 0. The van der Waals surface area contributed by atoms with Gasteiger partial charge in [-0.1, -0.05) is 54.8 Å². The van der Waals surface area contributed by atoms with Crippen LogP contribution in [-0.4, -0.2) is 101 Å². The zero-order valence-corrected chi connectivity index (χ0v) is 37.0. The molecule has 4 aromatic carbocycles. The first kappa shape index (κ1) is 46.0. The molecule has 0 spiro atoms. The fraction of sp³-hybridized carbons (Fsp3) is 0.469. The van der Waals surface area contributed by atoms with E-state index in [0.29, 0.717) is 72.0 Å². The Labute approximate surface area is 373 Å². The Morgan fingerprint density at radius 2 is 1.03 bits per heavy atom. The maximum atomic E-state index is 13.1. The van der Waals surface area contributed by atoms with E-state index in [1.165, 1.54) is 44.6 Å². The third-order valence-electron chi connectivity index (χ3n) is 12.4. The van der Waals surface area contributed by atoms with Gasteiger partial charge in [0, 0.05) is 54.7 Å². The van der Waals surface area contributed by atoms with Crippen LogP contribution in [0.5, 0.6) is 23.0 Å². The number of amides is 2. The topological polar surface area (TPSA) is 84.0 Å². The number of piperidine rings is 2. The lowest BCUT2D eigenvalue weighted by molar-refractivity contribution is -0.137. The van der Waals surface area contributed by atoms with Gasteiger partial charge in [-0.3, -0.25) is 19.4 Å². The van der Waals surface area contributed by atoms with E-state index in [4.69, 9.17) is 30.5 Å². The van der Waals surface area contributed by atoms with E-state index in [1.54, 1.807) is 43.4 Å². The summed E-state index contributed by atoms with van der Waals surface area (Å²) in [4.78, 5) is 34.5. The highest BCUT2D eigenvalue weighted by molar-refractivity contribution is 6.30. The molecule has 4 aromatic rings. The number of carbonyl (C=O) groups excluding carboxylic acids is 2. The minimum atomic E-state index is -4.44. The summed E-state index contributed by atoms with van der Waals surface area (Å²) >= 11 is 6.12. The van der Waals surface area contributed by atoms with Gasteiger partial charge in [0.25, 0.3) is 0 Å². The number of ether oxygens (including phenoxy) is 4. The van der Waals surface area contributed by atoms with Crippen LogP contribution in [0, 0.1) is 0 Å². The van der Waals surface area contributed by atoms with Crippen LogP contribution in [0.15, 0.2) is 84.9 Å². The summed E-state index contributed by atoms with van der Waals surface area (Å²) in [6, 6.07) is 23.7. The van der Waals surface area contributed by atoms with Gasteiger partial charge in [-0.05, 0) is 118 Å². The molecule has 0 aliphatic carbocycles. The van der Waals surface area contributed by atoms with E-state index in [-0.39, 0.29) is 17.7 Å². The van der Waals surface area contributed by atoms with Crippen molar-refractivity contribution < 1.29 is 41.7 Å². The molecule has 2 amide bonds. The maximum Gasteiger partial charge on any atom is 0.416 e. The van der Waals surface area contributed by atoms with E-state index in [0.717, 1.165) is 69.1 Å². The highest BCUT2D eigenvalue weighted by Gasteiger charge is 2.37. The molecule has 2 unspecified atom stereocenters. The second-order valence-corrected chi connectivity index (χ2v) is 16.9. The number of rotatable bonds is 14. The number of hydrogen-bond acceptors (Lipinski definition) is 8. The van der Waals surface area contributed by atoms with Crippen LogP contribution in [0.25, 0.3) is 0 Å². The van der Waals surface area contributed by atoms with Crippen molar-refractivity contribution in [1.82, 2.24) is 9.80 Å².